The fraction of sp³-hybridized carbons (Fsp3) is 0.125. The van der Waals surface area contributed by atoms with Crippen LogP contribution < -0.4 is 0 Å². The summed E-state index contributed by atoms with van der Waals surface area (Å²) in [6.45, 7) is 2.16. The van der Waals surface area contributed by atoms with Gasteiger partial charge in [0, 0.05) is 10.3 Å². The third kappa shape index (κ3) is 2.61. The van der Waals surface area contributed by atoms with Crippen LogP contribution in [-0.4, -0.2) is 9.97 Å². The average molecular weight is 266 g/mol. The number of hydrogen-bond donors (Lipinski definition) is 0. The minimum Gasteiger partial charge on any atom is -0.236 e. The van der Waals surface area contributed by atoms with Gasteiger partial charge < -0.3 is 0 Å². The molecule has 1 heterocycles. The van der Waals surface area contributed by atoms with Crippen LogP contribution >= 0.6 is 11.8 Å². The highest BCUT2D eigenvalue weighted by Gasteiger charge is 2.06. The van der Waals surface area contributed by atoms with E-state index in [1.54, 1.807) is 18.1 Å². The molecule has 0 bridgehead atoms. The highest BCUT2D eigenvalue weighted by atomic mass is 32.2. The van der Waals surface area contributed by atoms with E-state index in [-0.39, 0.29) is 0 Å². The van der Waals surface area contributed by atoms with Crippen molar-refractivity contribution in [1.29, 1.82) is 0 Å². The summed E-state index contributed by atoms with van der Waals surface area (Å²) in [5, 5.41) is 2.15. The molecule has 2 nitrogen and oxygen atoms in total. The second-order valence-electron chi connectivity index (χ2n) is 4.30. The van der Waals surface area contributed by atoms with Crippen molar-refractivity contribution in [3.63, 3.8) is 0 Å². The molecule has 0 unspecified atom stereocenters. The second-order valence-corrected chi connectivity index (χ2v) is 5.36. The Labute approximate surface area is 116 Å². The van der Waals surface area contributed by atoms with E-state index in [1.165, 1.54) is 10.5 Å². The van der Waals surface area contributed by atoms with Gasteiger partial charge in [0.05, 0.1) is 5.52 Å². The van der Waals surface area contributed by atoms with E-state index in [4.69, 9.17) is 0 Å². The molecule has 3 aromatic rings. The van der Waals surface area contributed by atoms with Gasteiger partial charge in [0.15, 0.2) is 0 Å². The zero-order chi connectivity index (χ0) is 13.1. The number of fused-ring (bicyclic) bond motifs is 1. The Morgan fingerprint density at radius 1 is 1.00 bits per heavy atom. The summed E-state index contributed by atoms with van der Waals surface area (Å²) in [7, 11) is 0. The maximum Gasteiger partial charge on any atom is 0.117 e. The van der Waals surface area contributed by atoms with Gasteiger partial charge in [-0.25, -0.2) is 9.97 Å². The molecule has 0 spiro atoms. The van der Waals surface area contributed by atoms with E-state index in [2.05, 4.69) is 47.2 Å². The van der Waals surface area contributed by atoms with Crippen molar-refractivity contribution in [1.82, 2.24) is 9.97 Å². The summed E-state index contributed by atoms with van der Waals surface area (Å²) in [5.74, 6) is 0. The summed E-state index contributed by atoms with van der Waals surface area (Å²) in [6, 6.07) is 16.7. The molecule has 0 aliphatic heterocycles. The van der Waals surface area contributed by atoms with Gasteiger partial charge in [-0.2, -0.15) is 0 Å². The first-order valence-corrected chi connectivity index (χ1v) is 7.15. The van der Waals surface area contributed by atoms with Crippen LogP contribution in [0.1, 0.15) is 12.5 Å². The molecule has 0 N–H and O–H groups in total. The summed E-state index contributed by atoms with van der Waals surface area (Å²) in [4.78, 5) is 9.96. The molecule has 0 aliphatic carbocycles. The lowest BCUT2D eigenvalue weighted by molar-refractivity contribution is 1.09. The Kier molecular flexibility index (Phi) is 3.47. The van der Waals surface area contributed by atoms with Crippen LogP contribution in [0.4, 0.5) is 0 Å². The maximum atomic E-state index is 4.43. The van der Waals surface area contributed by atoms with Gasteiger partial charge in [0.25, 0.3) is 0 Å². The standard InChI is InChI=1S/C16H14N2S/c1-2-12-8-9-15-14(10-12)16(18-11-17-15)19-13-6-4-3-5-7-13/h3-11H,2H2,1H3. The molecule has 94 valence electrons. The fourth-order valence-electron chi connectivity index (χ4n) is 1.98. The molecule has 2 aromatic carbocycles. The molecule has 0 saturated carbocycles. The maximum absolute atomic E-state index is 4.43. The van der Waals surface area contributed by atoms with Gasteiger partial charge in [-0.3, -0.25) is 0 Å². The zero-order valence-corrected chi connectivity index (χ0v) is 11.5. The summed E-state index contributed by atoms with van der Waals surface area (Å²) in [6.07, 6.45) is 2.67. The number of aromatic nitrogens is 2. The van der Waals surface area contributed by atoms with Crippen LogP contribution in [0.2, 0.25) is 0 Å². The number of aryl methyl sites for hydroxylation is 1. The molecule has 0 amide bonds. The van der Waals surface area contributed by atoms with Crippen molar-refractivity contribution in [2.45, 2.75) is 23.3 Å². The van der Waals surface area contributed by atoms with Crippen LogP contribution in [-0.2, 0) is 6.42 Å². The van der Waals surface area contributed by atoms with E-state index in [0.29, 0.717) is 0 Å². The van der Waals surface area contributed by atoms with Gasteiger partial charge in [-0.1, -0.05) is 43.0 Å². The third-order valence-electron chi connectivity index (χ3n) is 3.03. The zero-order valence-electron chi connectivity index (χ0n) is 10.7. The largest absolute Gasteiger partial charge is 0.236 e. The predicted molar refractivity (Wildman–Crippen MR) is 79.5 cm³/mol. The molecule has 0 fully saturated rings. The number of nitrogens with zero attached hydrogens (tertiary/aromatic N) is 2. The highest BCUT2D eigenvalue weighted by molar-refractivity contribution is 7.99. The minimum atomic E-state index is 1.01. The fourth-order valence-corrected chi connectivity index (χ4v) is 2.87. The van der Waals surface area contributed by atoms with E-state index in [1.807, 2.05) is 18.2 Å². The lowest BCUT2D eigenvalue weighted by Crippen LogP contribution is -1.89. The van der Waals surface area contributed by atoms with Gasteiger partial charge in [-0.15, -0.1) is 0 Å². The van der Waals surface area contributed by atoms with Crippen molar-refractivity contribution >= 4 is 22.7 Å². The van der Waals surface area contributed by atoms with E-state index in [9.17, 15) is 0 Å². The summed E-state index contributed by atoms with van der Waals surface area (Å²) < 4.78 is 0. The van der Waals surface area contributed by atoms with E-state index in [0.717, 1.165) is 22.3 Å². The van der Waals surface area contributed by atoms with Crippen molar-refractivity contribution in [3.8, 4) is 0 Å². The monoisotopic (exact) mass is 266 g/mol. The topological polar surface area (TPSA) is 25.8 Å². The first-order chi connectivity index (χ1) is 9.36. The summed E-state index contributed by atoms with van der Waals surface area (Å²) in [5.41, 5.74) is 2.32. The normalized spacial score (nSPS) is 10.8. The van der Waals surface area contributed by atoms with E-state index >= 15 is 0 Å². The molecule has 19 heavy (non-hydrogen) atoms. The molecular weight excluding hydrogens is 252 g/mol. The first-order valence-electron chi connectivity index (χ1n) is 6.33. The first kappa shape index (κ1) is 12.2. The van der Waals surface area contributed by atoms with Crippen molar-refractivity contribution in [2.24, 2.45) is 0 Å². The summed E-state index contributed by atoms with van der Waals surface area (Å²) >= 11 is 1.69. The van der Waals surface area contributed by atoms with Crippen LogP contribution in [0, 0.1) is 0 Å². The van der Waals surface area contributed by atoms with Crippen LogP contribution in [0.5, 0.6) is 0 Å². The Morgan fingerprint density at radius 2 is 1.84 bits per heavy atom. The van der Waals surface area contributed by atoms with Crippen LogP contribution in [0.3, 0.4) is 0 Å². The predicted octanol–water partition coefficient (Wildman–Crippen LogP) is 4.34. The molecule has 0 atom stereocenters. The van der Waals surface area contributed by atoms with Crippen molar-refractivity contribution in [2.75, 3.05) is 0 Å². The molecule has 3 heteroatoms. The van der Waals surface area contributed by atoms with Gasteiger partial charge in [0.2, 0.25) is 0 Å². The second kappa shape index (κ2) is 5.41. The van der Waals surface area contributed by atoms with Crippen LogP contribution in [0.25, 0.3) is 10.9 Å². The number of rotatable bonds is 3. The Bertz CT molecular complexity index is 695. The van der Waals surface area contributed by atoms with Gasteiger partial charge in [0.1, 0.15) is 11.4 Å². The minimum absolute atomic E-state index is 1.01. The molecule has 1 aromatic heterocycles. The lowest BCUT2D eigenvalue weighted by atomic mass is 10.1. The van der Waals surface area contributed by atoms with Crippen molar-refractivity contribution < 1.29 is 0 Å². The smallest absolute Gasteiger partial charge is 0.117 e. The molecule has 0 saturated heterocycles. The average Bonchev–Trinajstić information content (AvgIpc) is 2.48. The van der Waals surface area contributed by atoms with E-state index < -0.39 is 0 Å². The molecule has 0 aliphatic rings. The third-order valence-corrected chi connectivity index (χ3v) is 4.06. The number of hydrogen-bond acceptors (Lipinski definition) is 3. The van der Waals surface area contributed by atoms with Crippen LogP contribution in [0.15, 0.2) is 64.8 Å². The highest BCUT2D eigenvalue weighted by Crippen LogP contribution is 2.31. The molecular formula is C16H14N2S. The lowest BCUT2D eigenvalue weighted by Gasteiger charge is -2.06. The van der Waals surface area contributed by atoms with Gasteiger partial charge in [-0.05, 0) is 36.2 Å². The quantitative estimate of drug-likeness (QED) is 0.659. The Balaban J connectivity index is 2.07. The molecule has 0 radical (unpaired) electrons. The SMILES string of the molecule is CCc1ccc2ncnc(Sc3ccccc3)c2c1. The number of benzene rings is 2. The Morgan fingerprint density at radius 3 is 2.63 bits per heavy atom. The van der Waals surface area contributed by atoms with Crippen molar-refractivity contribution in [3.05, 3.63) is 60.4 Å². The van der Waals surface area contributed by atoms with Gasteiger partial charge >= 0.3 is 0 Å². The molecule has 3 rings (SSSR count). The Hall–Kier alpha value is -1.87.